The lowest BCUT2D eigenvalue weighted by atomic mass is 9.92. The Kier molecular flexibility index (Phi) is 6.12. The number of ether oxygens (including phenoxy) is 1. The summed E-state index contributed by atoms with van der Waals surface area (Å²) in [6.45, 7) is 3.86. The number of carbonyl (C=O) groups excluding carboxylic acids is 1. The summed E-state index contributed by atoms with van der Waals surface area (Å²) in [5.74, 6) is -0.341. The van der Waals surface area contributed by atoms with Gasteiger partial charge in [0, 0.05) is 12.0 Å². The average molecular weight is 310 g/mol. The highest BCUT2D eigenvalue weighted by Crippen LogP contribution is 2.30. The molecule has 0 fully saturated rings. The van der Waals surface area contributed by atoms with Gasteiger partial charge in [-0.3, -0.25) is 0 Å². The molecule has 1 N–H and O–H groups in total. The first-order valence-corrected chi connectivity index (χ1v) is 7.78. The minimum Gasteiger partial charge on any atom is -0.463 e. The molecule has 0 heterocycles. The Morgan fingerprint density at radius 2 is 1.61 bits per heavy atom. The molecule has 0 radical (unpaired) electrons. The molecule has 0 aliphatic rings. The van der Waals surface area contributed by atoms with E-state index < -0.39 is 6.10 Å². The van der Waals surface area contributed by atoms with E-state index >= 15 is 0 Å². The third-order valence-electron chi connectivity index (χ3n) is 3.74. The van der Waals surface area contributed by atoms with Crippen LogP contribution in [0.5, 0.6) is 0 Å². The van der Waals surface area contributed by atoms with Gasteiger partial charge in [0.25, 0.3) is 0 Å². The maximum Gasteiger partial charge on any atom is 0.333 e. The summed E-state index contributed by atoms with van der Waals surface area (Å²) in [5.41, 5.74) is 3.10. The molecule has 1 atom stereocenters. The van der Waals surface area contributed by atoms with E-state index in [-0.39, 0.29) is 5.97 Å². The molecule has 0 bridgehead atoms. The molecular weight excluding hydrogens is 288 g/mol. The van der Waals surface area contributed by atoms with Crippen molar-refractivity contribution < 1.29 is 14.6 Å². The lowest BCUT2D eigenvalue weighted by Crippen LogP contribution is -2.09. The smallest absolute Gasteiger partial charge is 0.333 e. The van der Waals surface area contributed by atoms with Crippen LogP contribution >= 0.6 is 0 Å². The van der Waals surface area contributed by atoms with Crippen molar-refractivity contribution in [1.82, 2.24) is 0 Å². The fourth-order valence-corrected chi connectivity index (χ4v) is 2.48. The van der Waals surface area contributed by atoms with E-state index in [0.29, 0.717) is 18.6 Å². The van der Waals surface area contributed by atoms with Crippen LogP contribution in [0, 0.1) is 0 Å². The van der Waals surface area contributed by atoms with Crippen LogP contribution in [0.15, 0.2) is 66.2 Å². The number of hydrogen-bond acceptors (Lipinski definition) is 3. The number of hydrogen-bond donors (Lipinski definition) is 1. The standard InChI is InChI=1S/C20H22O3/c1-3-23-20(22)15(2)18(16-10-6-4-7-11-16)14-19(21)17-12-8-5-9-13-17/h4-13,19,21H,3,14H2,1-2H3/b18-15-. The van der Waals surface area contributed by atoms with Crippen molar-refractivity contribution >= 4 is 11.5 Å². The Labute approximate surface area is 137 Å². The number of benzene rings is 2. The van der Waals surface area contributed by atoms with Gasteiger partial charge < -0.3 is 9.84 Å². The summed E-state index contributed by atoms with van der Waals surface area (Å²) < 4.78 is 5.11. The monoisotopic (exact) mass is 310 g/mol. The van der Waals surface area contributed by atoms with Gasteiger partial charge in [0.2, 0.25) is 0 Å². The minimum atomic E-state index is -0.671. The van der Waals surface area contributed by atoms with Gasteiger partial charge >= 0.3 is 5.97 Å². The quantitative estimate of drug-likeness (QED) is 0.644. The van der Waals surface area contributed by atoms with E-state index in [9.17, 15) is 9.90 Å². The first-order chi connectivity index (χ1) is 11.1. The second-order valence-electron chi connectivity index (χ2n) is 5.32. The maximum atomic E-state index is 12.1. The summed E-state index contributed by atoms with van der Waals surface area (Å²) in [4.78, 5) is 12.1. The predicted molar refractivity (Wildman–Crippen MR) is 91.7 cm³/mol. The van der Waals surface area contributed by atoms with Crippen LogP contribution in [-0.4, -0.2) is 17.7 Å². The molecule has 0 saturated heterocycles. The molecule has 0 saturated carbocycles. The van der Waals surface area contributed by atoms with Crippen LogP contribution < -0.4 is 0 Å². The number of aliphatic hydroxyl groups is 1. The zero-order valence-electron chi connectivity index (χ0n) is 13.5. The van der Waals surface area contributed by atoms with Crippen LogP contribution in [0.25, 0.3) is 5.57 Å². The molecule has 2 aromatic carbocycles. The topological polar surface area (TPSA) is 46.5 Å². The zero-order chi connectivity index (χ0) is 16.7. The fraction of sp³-hybridized carbons (Fsp3) is 0.250. The molecule has 0 amide bonds. The van der Waals surface area contributed by atoms with Crippen LogP contribution in [0.1, 0.15) is 37.5 Å². The Balaban J connectivity index is 2.35. The van der Waals surface area contributed by atoms with Crippen molar-refractivity contribution in [2.45, 2.75) is 26.4 Å². The summed E-state index contributed by atoms with van der Waals surface area (Å²) in [7, 11) is 0. The van der Waals surface area contributed by atoms with Crippen molar-refractivity contribution in [3.05, 3.63) is 77.4 Å². The zero-order valence-corrected chi connectivity index (χ0v) is 13.5. The van der Waals surface area contributed by atoms with E-state index in [1.165, 1.54) is 0 Å². The first-order valence-electron chi connectivity index (χ1n) is 7.78. The Morgan fingerprint density at radius 1 is 1.04 bits per heavy atom. The van der Waals surface area contributed by atoms with Gasteiger partial charge in [0.05, 0.1) is 12.7 Å². The highest BCUT2D eigenvalue weighted by atomic mass is 16.5. The van der Waals surface area contributed by atoms with Gasteiger partial charge in [-0.1, -0.05) is 60.7 Å². The third-order valence-corrected chi connectivity index (χ3v) is 3.74. The Hall–Kier alpha value is -2.39. The van der Waals surface area contributed by atoms with Gasteiger partial charge in [-0.25, -0.2) is 4.79 Å². The van der Waals surface area contributed by atoms with E-state index in [1.54, 1.807) is 13.8 Å². The highest BCUT2D eigenvalue weighted by molar-refractivity contribution is 5.97. The molecular formula is C20H22O3. The lowest BCUT2D eigenvalue weighted by Gasteiger charge is -2.17. The average Bonchev–Trinajstić information content (AvgIpc) is 2.60. The Morgan fingerprint density at radius 3 is 2.17 bits per heavy atom. The minimum absolute atomic E-state index is 0.333. The van der Waals surface area contributed by atoms with Crippen LogP contribution in [0.4, 0.5) is 0 Å². The largest absolute Gasteiger partial charge is 0.463 e. The molecule has 23 heavy (non-hydrogen) atoms. The van der Waals surface area contributed by atoms with Gasteiger partial charge in [0.1, 0.15) is 0 Å². The van der Waals surface area contributed by atoms with E-state index in [1.807, 2.05) is 60.7 Å². The molecule has 1 unspecified atom stereocenters. The van der Waals surface area contributed by atoms with Crippen molar-refractivity contribution in [3.63, 3.8) is 0 Å². The Bertz CT molecular complexity index is 660. The van der Waals surface area contributed by atoms with Gasteiger partial charge in [-0.2, -0.15) is 0 Å². The van der Waals surface area contributed by atoms with Crippen molar-refractivity contribution in [2.75, 3.05) is 6.61 Å². The molecule has 0 aliphatic carbocycles. The summed E-state index contributed by atoms with van der Waals surface area (Å²) in [5, 5.41) is 10.5. The highest BCUT2D eigenvalue weighted by Gasteiger charge is 2.18. The summed E-state index contributed by atoms with van der Waals surface area (Å²) in [6.07, 6.45) is -0.311. The van der Waals surface area contributed by atoms with Crippen LogP contribution in [-0.2, 0) is 9.53 Å². The van der Waals surface area contributed by atoms with E-state index in [0.717, 1.165) is 16.7 Å². The van der Waals surface area contributed by atoms with Crippen LogP contribution in [0.3, 0.4) is 0 Å². The number of aliphatic hydroxyl groups excluding tert-OH is 1. The predicted octanol–water partition coefficient (Wildman–Crippen LogP) is 4.15. The fourth-order valence-electron chi connectivity index (χ4n) is 2.48. The summed E-state index contributed by atoms with van der Waals surface area (Å²) >= 11 is 0. The number of rotatable bonds is 6. The molecule has 2 rings (SSSR count). The van der Waals surface area contributed by atoms with Crippen molar-refractivity contribution in [3.8, 4) is 0 Å². The first kappa shape index (κ1) is 17.0. The van der Waals surface area contributed by atoms with Crippen molar-refractivity contribution in [2.24, 2.45) is 0 Å². The third kappa shape index (κ3) is 4.54. The lowest BCUT2D eigenvalue weighted by molar-refractivity contribution is -0.138. The van der Waals surface area contributed by atoms with E-state index in [4.69, 9.17) is 4.74 Å². The van der Waals surface area contributed by atoms with Gasteiger partial charge in [-0.15, -0.1) is 0 Å². The normalized spacial score (nSPS) is 13.2. The molecule has 120 valence electrons. The van der Waals surface area contributed by atoms with Gasteiger partial charge in [0.15, 0.2) is 0 Å². The molecule has 2 aromatic rings. The molecule has 0 aliphatic heterocycles. The molecule has 0 spiro atoms. The SMILES string of the molecule is CCOC(=O)/C(C)=C(/CC(O)c1ccccc1)c1ccccc1. The number of carbonyl (C=O) groups is 1. The molecule has 3 heteroatoms. The maximum absolute atomic E-state index is 12.1. The molecule has 3 nitrogen and oxygen atoms in total. The molecule has 0 aromatic heterocycles. The van der Waals surface area contributed by atoms with Gasteiger partial charge in [-0.05, 0) is 30.5 Å². The van der Waals surface area contributed by atoms with E-state index in [2.05, 4.69) is 0 Å². The van der Waals surface area contributed by atoms with Crippen molar-refractivity contribution in [1.29, 1.82) is 0 Å². The van der Waals surface area contributed by atoms with Crippen LogP contribution in [0.2, 0.25) is 0 Å². The second-order valence-corrected chi connectivity index (χ2v) is 5.32. The second kappa shape index (κ2) is 8.30. The number of esters is 1. The summed E-state index contributed by atoms with van der Waals surface area (Å²) in [6, 6.07) is 19.1.